The number of rotatable bonds is 5. The molecule has 156 valence electrons. The number of carbonyl (C=O) groups excluding carboxylic acids is 1. The van der Waals surface area contributed by atoms with Crippen molar-refractivity contribution in [3.8, 4) is 11.3 Å². The first-order valence-corrected chi connectivity index (χ1v) is 11.8. The van der Waals surface area contributed by atoms with E-state index >= 15 is 0 Å². The number of hydrogen-bond acceptors (Lipinski definition) is 2. The molecule has 2 heterocycles. The van der Waals surface area contributed by atoms with Crippen LogP contribution in [0.1, 0.15) is 55.5 Å². The highest BCUT2D eigenvalue weighted by molar-refractivity contribution is 9.10. The minimum Gasteiger partial charge on any atom is -0.339 e. The van der Waals surface area contributed by atoms with E-state index in [0.717, 1.165) is 64.5 Å². The molecule has 1 aliphatic heterocycles. The second kappa shape index (κ2) is 9.30. The van der Waals surface area contributed by atoms with Gasteiger partial charge in [0.2, 0.25) is 0 Å². The van der Waals surface area contributed by atoms with Crippen LogP contribution in [0.25, 0.3) is 22.2 Å². The summed E-state index contributed by atoms with van der Waals surface area (Å²) in [5.74, 6) is 0.812. The van der Waals surface area contributed by atoms with Gasteiger partial charge in [0, 0.05) is 28.5 Å². The number of amides is 1. The second-order valence-corrected chi connectivity index (χ2v) is 9.41. The number of aromatic nitrogens is 1. The third-order valence-corrected chi connectivity index (χ3v) is 6.63. The van der Waals surface area contributed by atoms with Crippen LogP contribution >= 0.6 is 15.9 Å². The standard InChI is InChI=1S/C26H29BrN2O/c1-3-4-5-19-6-8-20(9-7-19)25-17-23(22-16-21(27)10-11-24(22)28-25)26(30)29-14-12-18(2)13-15-29/h6-11,16-18H,3-5,12-15H2,1-2H3. The summed E-state index contributed by atoms with van der Waals surface area (Å²) in [6.07, 6.45) is 5.65. The van der Waals surface area contributed by atoms with Gasteiger partial charge in [0.25, 0.3) is 5.91 Å². The van der Waals surface area contributed by atoms with Crippen molar-refractivity contribution in [2.45, 2.75) is 46.0 Å². The first-order chi connectivity index (χ1) is 14.5. The van der Waals surface area contributed by atoms with Gasteiger partial charge >= 0.3 is 0 Å². The predicted octanol–water partition coefficient (Wildman–Crippen LogP) is 6.88. The highest BCUT2D eigenvalue weighted by Gasteiger charge is 2.24. The maximum Gasteiger partial charge on any atom is 0.254 e. The van der Waals surface area contributed by atoms with Gasteiger partial charge in [-0.1, -0.05) is 60.5 Å². The minimum atomic E-state index is 0.119. The van der Waals surface area contributed by atoms with Crippen LogP contribution in [0.3, 0.4) is 0 Å². The number of unbranched alkanes of at least 4 members (excludes halogenated alkanes) is 1. The molecule has 2 aromatic carbocycles. The lowest BCUT2D eigenvalue weighted by atomic mass is 9.97. The minimum absolute atomic E-state index is 0.119. The normalized spacial score (nSPS) is 15.0. The summed E-state index contributed by atoms with van der Waals surface area (Å²) in [5.41, 5.74) is 4.88. The van der Waals surface area contributed by atoms with Crippen LogP contribution in [-0.2, 0) is 6.42 Å². The summed E-state index contributed by atoms with van der Waals surface area (Å²) in [6, 6.07) is 16.6. The van der Waals surface area contributed by atoms with E-state index in [4.69, 9.17) is 4.98 Å². The van der Waals surface area contributed by atoms with Gasteiger partial charge in [-0.15, -0.1) is 0 Å². The quantitative estimate of drug-likeness (QED) is 0.412. The summed E-state index contributed by atoms with van der Waals surface area (Å²) in [4.78, 5) is 20.4. The fourth-order valence-corrected chi connectivity index (χ4v) is 4.49. The highest BCUT2D eigenvalue weighted by atomic mass is 79.9. The van der Waals surface area contributed by atoms with Crippen LogP contribution in [0.4, 0.5) is 0 Å². The number of aryl methyl sites for hydroxylation is 1. The van der Waals surface area contributed by atoms with Gasteiger partial charge in [-0.3, -0.25) is 4.79 Å². The molecular weight excluding hydrogens is 436 g/mol. The number of nitrogens with zero attached hydrogens (tertiary/aromatic N) is 2. The SMILES string of the molecule is CCCCc1ccc(-c2cc(C(=O)N3CCC(C)CC3)c3cc(Br)ccc3n2)cc1. The smallest absolute Gasteiger partial charge is 0.254 e. The number of piperidine rings is 1. The maximum absolute atomic E-state index is 13.5. The number of hydrogen-bond donors (Lipinski definition) is 0. The summed E-state index contributed by atoms with van der Waals surface area (Å²) in [7, 11) is 0. The van der Waals surface area contributed by atoms with Crippen LogP contribution in [0.2, 0.25) is 0 Å². The molecular formula is C26H29BrN2O. The molecule has 0 bridgehead atoms. The molecule has 1 saturated heterocycles. The van der Waals surface area contributed by atoms with Gasteiger partial charge in [-0.05, 0) is 61.4 Å². The van der Waals surface area contributed by atoms with Crippen molar-refractivity contribution in [3.63, 3.8) is 0 Å². The third-order valence-electron chi connectivity index (χ3n) is 6.14. The number of fused-ring (bicyclic) bond motifs is 1. The van der Waals surface area contributed by atoms with Crippen molar-refractivity contribution in [2.24, 2.45) is 5.92 Å². The van der Waals surface area contributed by atoms with Gasteiger partial charge < -0.3 is 4.90 Å². The Morgan fingerprint density at radius 2 is 1.83 bits per heavy atom. The van der Waals surface area contributed by atoms with E-state index < -0.39 is 0 Å². The summed E-state index contributed by atoms with van der Waals surface area (Å²) < 4.78 is 0.964. The van der Waals surface area contributed by atoms with E-state index in [0.29, 0.717) is 5.92 Å². The van der Waals surface area contributed by atoms with Gasteiger partial charge in [0.05, 0.1) is 16.8 Å². The van der Waals surface area contributed by atoms with Crippen LogP contribution in [0.5, 0.6) is 0 Å². The maximum atomic E-state index is 13.5. The molecule has 0 atom stereocenters. The second-order valence-electron chi connectivity index (χ2n) is 8.49. The average Bonchev–Trinajstić information content (AvgIpc) is 2.77. The van der Waals surface area contributed by atoms with Gasteiger partial charge in [-0.25, -0.2) is 4.98 Å². The summed E-state index contributed by atoms with van der Waals surface area (Å²) in [6.45, 7) is 6.15. The third kappa shape index (κ3) is 4.59. The molecule has 0 radical (unpaired) electrons. The molecule has 0 N–H and O–H groups in total. The van der Waals surface area contributed by atoms with Crippen LogP contribution in [0.15, 0.2) is 53.0 Å². The van der Waals surface area contributed by atoms with E-state index in [9.17, 15) is 4.79 Å². The zero-order valence-electron chi connectivity index (χ0n) is 17.8. The Balaban J connectivity index is 1.73. The number of carbonyl (C=O) groups is 1. The van der Waals surface area contributed by atoms with Gasteiger partial charge in [0.1, 0.15) is 0 Å². The first kappa shape index (κ1) is 21.0. The molecule has 3 nitrogen and oxygen atoms in total. The van der Waals surface area contributed by atoms with E-state index in [1.54, 1.807) is 0 Å². The van der Waals surface area contributed by atoms with E-state index in [2.05, 4.69) is 54.0 Å². The van der Waals surface area contributed by atoms with Crippen LogP contribution in [0, 0.1) is 5.92 Å². The van der Waals surface area contributed by atoms with E-state index in [1.807, 2.05) is 29.2 Å². The molecule has 1 aliphatic rings. The average molecular weight is 465 g/mol. The van der Waals surface area contributed by atoms with Crippen molar-refractivity contribution in [3.05, 3.63) is 64.1 Å². The Bertz CT molecular complexity index is 1040. The summed E-state index contributed by atoms with van der Waals surface area (Å²) >= 11 is 3.56. The van der Waals surface area contributed by atoms with E-state index in [1.165, 1.54) is 18.4 Å². The molecule has 0 spiro atoms. The lowest BCUT2D eigenvalue weighted by Gasteiger charge is -2.30. The molecule has 0 unspecified atom stereocenters. The summed E-state index contributed by atoms with van der Waals surface area (Å²) in [5, 5.41) is 0.913. The van der Waals surface area contributed by atoms with Crippen LogP contribution in [-0.4, -0.2) is 28.9 Å². The molecule has 30 heavy (non-hydrogen) atoms. The monoisotopic (exact) mass is 464 g/mol. The fourth-order valence-electron chi connectivity index (χ4n) is 4.13. The first-order valence-electron chi connectivity index (χ1n) is 11.0. The topological polar surface area (TPSA) is 33.2 Å². The van der Waals surface area contributed by atoms with E-state index in [-0.39, 0.29) is 5.91 Å². The van der Waals surface area contributed by atoms with Gasteiger partial charge in [-0.2, -0.15) is 0 Å². The van der Waals surface area contributed by atoms with Crippen molar-refractivity contribution < 1.29 is 4.79 Å². The molecule has 1 amide bonds. The Labute approximate surface area is 187 Å². The molecule has 4 rings (SSSR count). The molecule has 1 fully saturated rings. The fraction of sp³-hybridized carbons (Fsp3) is 0.385. The van der Waals surface area contributed by atoms with Crippen molar-refractivity contribution >= 4 is 32.7 Å². The Morgan fingerprint density at radius 3 is 2.53 bits per heavy atom. The van der Waals surface area contributed by atoms with Gasteiger partial charge in [0.15, 0.2) is 0 Å². The molecule has 0 saturated carbocycles. The zero-order chi connectivity index (χ0) is 21.1. The highest BCUT2D eigenvalue weighted by Crippen LogP contribution is 2.29. The number of likely N-dealkylation sites (tertiary alicyclic amines) is 1. The molecule has 4 heteroatoms. The number of halogens is 1. The zero-order valence-corrected chi connectivity index (χ0v) is 19.4. The molecule has 3 aromatic rings. The predicted molar refractivity (Wildman–Crippen MR) is 128 cm³/mol. The Morgan fingerprint density at radius 1 is 1.10 bits per heavy atom. The van der Waals surface area contributed by atoms with Crippen molar-refractivity contribution in [2.75, 3.05) is 13.1 Å². The van der Waals surface area contributed by atoms with Crippen molar-refractivity contribution in [1.29, 1.82) is 0 Å². The van der Waals surface area contributed by atoms with Crippen LogP contribution < -0.4 is 0 Å². The number of pyridine rings is 1. The Kier molecular flexibility index (Phi) is 6.52. The number of benzene rings is 2. The van der Waals surface area contributed by atoms with Crippen molar-refractivity contribution in [1.82, 2.24) is 9.88 Å². The lowest BCUT2D eigenvalue weighted by molar-refractivity contribution is 0.0699. The molecule has 1 aromatic heterocycles. The lowest BCUT2D eigenvalue weighted by Crippen LogP contribution is -2.38. The Hall–Kier alpha value is -2.20. The molecule has 0 aliphatic carbocycles. The largest absolute Gasteiger partial charge is 0.339 e.